The molecular weight excluding hydrogens is 445 g/mol. The predicted molar refractivity (Wildman–Crippen MR) is 114 cm³/mol. The molecule has 2 aromatic rings. The van der Waals surface area contributed by atoms with Crippen LogP contribution in [0.3, 0.4) is 0 Å². The van der Waals surface area contributed by atoms with Gasteiger partial charge in [0.05, 0.1) is 15.5 Å². The zero-order chi connectivity index (χ0) is 21.3. The summed E-state index contributed by atoms with van der Waals surface area (Å²) in [6.07, 6.45) is -2.25. The van der Waals surface area contributed by atoms with Crippen molar-refractivity contribution in [2.45, 2.75) is 6.18 Å². The molecule has 0 atom stereocenters. The van der Waals surface area contributed by atoms with Crippen LogP contribution < -0.4 is 10.3 Å². The molecule has 0 spiro atoms. The van der Waals surface area contributed by atoms with Crippen LogP contribution in [0.1, 0.15) is 11.1 Å². The number of aromatic nitrogens is 1. The number of anilines is 2. The van der Waals surface area contributed by atoms with Gasteiger partial charge in [-0.3, -0.25) is 10.2 Å². The molecule has 0 bridgehead atoms. The van der Waals surface area contributed by atoms with Crippen LogP contribution in [0.2, 0.25) is 5.02 Å². The smallest absolute Gasteiger partial charge is 0.378 e. The Kier molecular flexibility index (Phi) is 6.06. The van der Waals surface area contributed by atoms with E-state index in [0.29, 0.717) is 11.1 Å². The van der Waals surface area contributed by atoms with E-state index in [9.17, 15) is 18.0 Å². The third kappa shape index (κ3) is 4.82. The van der Waals surface area contributed by atoms with Gasteiger partial charge in [0.15, 0.2) is 10.1 Å². The van der Waals surface area contributed by atoms with Gasteiger partial charge in [-0.1, -0.05) is 35.5 Å². The molecule has 1 saturated heterocycles. The number of carbonyl (C=O) groups is 1. The number of alkyl halides is 3. The Morgan fingerprint density at radius 1 is 1.28 bits per heavy atom. The van der Waals surface area contributed by atoms with Gasteiger partial charge >= 0.3 is 6.18 Å². The van der Waals surface area contributed by atoms with Gasteiger partial charge < -0.3 is 4.90 Å². The summed E-state index contributed by atoms with van der Waals surface area (Å²) >= 11 is 12.1. The number of thiocarbonyl (C=S) groups is 1. The number of nitrogens with zero attached hydrogens (tertiary/aromatic N) is 3. The van der Waals surface area contributed by atoms with Gasteiger partial charge in [-0.15, -0.1) is 0 Å². The first-order valence-electron chi connectivity index (χ1n) is 8.11. The average molecular weight is 459 g/mol. The van der Waals surface area contributed by atoms with Gasteiger partial charge in [0, 0.05) is 26.0 Å². The molecule has 1 N–H and O–H groups in total. The van der Waals surface area contributed by atoms with Gasteiger partial charge in [0.25, 0.3) is 5.91 Å². The fourth-order valence-corrected chi connectivity index (χ4v) is 3.75. The van der Waals surface area contributed by atoms with Gasteiger partial charge in [-0.05, 0) is 42.1 Å². The standard InChI is InChI=1S/C18H14ClF3N4OS2/c1-25(2)12-5-3-10(4-6-12)7-14-16(27)26(17(28)29-14)24-15-13(19)8-11(9-23-15)18(20,21)22/h3-9H,1-2H3,(H,23,24)/b14-7-. The largest absolute Gasteiger partial charge is 0.417 e. The lowest BCUT2D eigenvalue weighted by molar-refractivity contribution is -0.137. The van der Waals surface area contributed by atoms with Crippen LogP contribution in [-0.4, -0.2) is 34.3 Å². The number of hydrazine groups is 1. The fourth-order valence-electron chi connectivity index (χ4n) is 2.37. The van der Waals surface area contributed by atoms with Crippen molar-refractivity contribution >= 4 is 63.4 Å². The molecule has 11 heteroatoms. The summed E-state index contributed by atoms with van der Waals surface area (Å²) in [7, 11) is 3.85. The molecule has 1 fully saturated rings. The summed E-state index contributed by atoms with van der Waals surface area (Å²) in [4.78, 5) is 18.6. The molecule has 5 nitrogen and oxygen atoms in total. The van der Waals surface area contributed by atoms with Crippen LogP contribution in [-0.2, 0) is 11.0 Å². The Morgan fingerprint density at radius 3 is 2.48 bits per heavy atom. The maximum absolute atomic E-state index is 12.7. The number of halogens is 4. The molecule has 0 saturated carbocycles. The number of hydrogen-bond acceptors (Lipinski definition) is 6. The van der Waals surface area contributed by atoms with Crippen molar-refractivity contribution in [2.24, 2.45) is 0 Å². The Balaban J connectivity index is 1.79. The lowest BCUT2D eigenvalue weighted by atomic mass is 10.2. The third-order valence-corrected chi connectivity index (χ3v) is 5.48. The first-order chi connectivity index (χ1) is 13.6. The van der Waals surface area contributed by atoms with E-state index in [0.717, 1.165) is 34.1 Å². The number of carbonyl (C=O) groups excluding carboxylic acids is 1. The first-order valence-corrected chi connectivity index (χ1v) is 9.71. The summed E-state index contributed by atoms with van der Waals surface area (Å²) < 4.78 is 38.4. The van der Waals surface area contributed by atoms with Crippen molar-refractivity contribution in [1.29, 1.82) is 0 Å². The van der Waals surface area contributed by atoms with Gasteiger partial charge in [-0.2, -0.15) is 18.2 Å². The van der Waals surface area contributed by atoms with E-state index < -0.39 is 17.6 Å². The minimum atomic E-state index is -4.57. The monoisotopic (exact) mass is 458 g/mol. The van der Waals surface area contributed by atoms with Crippen LogP contribution in [0.25, 0.3) is 6.08 Å². The molecule has 1 aromatic heterocycles. The van der Waals surface area contributed by atoms with E-state index >= 15 is 0 Å². The Bertz CT molecular complexity index is 994. The number of hydrogen-bond donors (Lipinski definition) is 1. The number of benzene rings is 1. The second kappa shape index (κ2) is 8.21. The van der Waals surface area contributed by atoms with Crippen LogP contribution in [0, 0.1) is 0 Å². The topological polar surface area (TPSA) is 48.5 Å². The van der Waals surface area contributed by atoms with Crippen LogP contribution in [0.15, 0.2) is 41.4 Å². The summed E-state index contributed by atoms with van der Waals surface area (Å²) in [5.74, 6) is -0.554. The third-order valence-electron chi connectivity index (χ3n) is 3.89. The maximum atomic E-state index is 12.7. The molecule has 3 rings (SSSR count). The SMILES string of the molecule is CN(C)c1ccc(/C=C2\SC(=S)N(Nc3ncc(C(F)(F)F)cc3Cl)C2=O)cc1. The number of amides is 1. The fraction of sp³-hybridized carbons (Fsp3) is 0.167. The Hall–Kier alpha value is -2.30. The summed E-state index contributed by atoms with van der Waals surface area (Å²) in [6.45, 7) is 0. The minimum absolute atomic E-state index is 0.104. The number of nitrogens with one attached hydrogen (secondary N) is 1. The average Bonchev–Trinajstić information content (AvgIpc) is 2.90. The molecule has 1 aliphatic rings. The van der Waals surface area contributed by atoms with E-state index in [-0.39, 0.29) is 15.2 Å². The molecule has 0 unspecified atom stereocenters. The zero-order valence-electron chi connectivity index (χ0n) is 15.1. The Labute approximate surface area is 179 Å². The lowest BCUT2D eigenvalue weighted by Crippen LogP contribution is -2.34. The van der Waals surface area contributed by atoms with E-state index in [1.807, 2.05) is 43.3 Å². The highest BCUT2D eigenvalue weighted by Gasteiger charge is 2.34. The molecule has 29 heavy (non-hydrogen) atoms. The van der Waals surface area contributed by atoms with Crippen molar-refractivity contribution in [3.05, 3.63) is 57.6 Å². The molecule has 2 heterocycles. The normalized spacial score (nSPS) is 15.9. The van der Waals surface area contributed by atoms with Gasteiger partial charge in [-0.25, -0.2) is 4.98 Å². The van der Waals surface area contributed by atoms with E-state index in [4.69, 9.17) is 23.8 Å². The number of pyridine rings is 1. The Morgan fingerprint density at radius 2 is 1.93 bits per heavy atom. The van der Waals surface area contributed by atoms with E-state index in [1.54, 1.807) is 6.08 Å². The van der Waals surface area contributed by atoms with Crippen LogP contribution in [0.5, 0.6) is 0 Å². The van der Waals surface area contributed by atoms with Crippen molar-refractivity contribution in [2.75, 3.05) is 24.4 Å². The molecule has 152 valence electrons. The molecule has 1 aliphatic heterocycles. The highest BCUT2D eigenvalue weighted by atomic mass is 35.5. The highest BCUT2D eigenvalue weighted by molar-refractivity contribution is 8.26. The van der Waals surface area contributed by atoms with Crippen LogP contribution in [0.4, 0.5) is 24.7 Å². The molecule has 0 aliphatic carbocycles. The second-order valence-corrected chi connectivity index (χ2v) is 8.25. The minimum Gasteiger partial charge on any atom is -0.378 e. The van der Waals surface area contributed by atoms with Crippen LogP contribution >= 0.6 is 35.6 Å². The van der Waals surface area contributed by atoms with E-state index in [1.165, 1.54) is 0 Å². The zero-order valence-corrected chi connectivity index (χ0v) is 17.5. The first kappa shape index (κ1) is 21.4. The van der Waals surface area contributed by atoms with Crippen molar-refractivity contribution in [3.8, 4) is 0 Å². The second-order valence-electron chi connectivity index (χ2n) is 6.17. The molecular formula is C18H14ClF3N4OS2. The predicted octanol–water partition coefficient (Wildman–Crippen LogP) is 5.05. The summed E-state index contributed by atoms with van der Waals surface area (Å²) in [5.41, 5.74) is 3.42. The molecule has 0 radical (unpaired) electrons. The summed E-state index contributed by atoms with van der Waals surface area (Å²) in [6, 6.07) is 8.29. The lowest BCUT2D eigenvalue weighted by Gasteiger charge is -2.17. The molecule has 1 amide bonds. The molecule has 1 aromatic carbocycles. The quantitative estimate of drug-likeness (QED) is 0.511. The number of rotatable bonds is 4. The van der Waals surface area contributed by atoms with Crippen molar-refractivity contribution in [1.82, 2.24) is 9.99 Å². The van der Waals surface area contributed by atoms with Crippen molar-refractivity contribution in [3.63, 3.8) is 0 Å². The van der Waals surface area contributed by atoms with Gasteiger partial charge in [0.1, 0.15) is 0 Å². The van der Waals surface area contributed by atoms with E-state index in [2.05, 4.69) is 10.4 Å². The highest BCUT2D eigenvalue weighted by Crippen LogP contribution is 2.35. The van der Waals surface area contributed by atoms with Crippen molar-refractivity contribution < 1.29 is 18.0 Å². The number of thioether (sulfide) groups is 1. The van der Waals surface area contributed by atoms with Gasteiger partial charge in [0.2, 0.25) is 0 Å². The maximum Gasteiger partial charge on any atom is 0.417 e. The summed E-state index contributed by atoms with van der Waals surface area (Å²) in [5, 5.41) is 0.749.